The zero-order valence-corrected chi connectivity index (χ0v) is 13.1. The average Bonchev–Trinajstić information content (AvgIpc) is 2.57. The molecule has 1 amide bonds. The van der Waals surface area contributed by atoms with E-state index in [1.807, 2.05) is 30.3 Å². The molecule has 0 fully saturated rings. The van der Waals surface area contributed by atoms with E-state index in [4.69, 9.17) is 10.5 Å². The Morgan fingerprint density at radius 2 is 1.71 bits per heavy atom. The minimum absolute atomic E-state index is 0.157. The normalized spacial score (nSPS) is 10.2. The van der Waals surface area contributed by atoms with Crippen LogP contribution in [0, 0.1) is 6.92 Å². The van der Waals surface area contributed by atoms with Crippen molar-refractivity contribution in [3.05, 3.63) is 72.2 Å². The van der Waals surface area contributed by atoms with E-state index in [0.717, 1.165) is 5.75 Å². The molecule has 0 aliphatic heterocycles. The molecule has 24 heavy (non-hydrogen) atoms. The van der Waals surface area contributed by atoms with Gasteiger partial charge in [0.15, 0.2) is 0 Å². The minimum Gasteiger partial charge on any atom is -0.457 e. The van der Waals surface area contributed by atoms with Crippen LogP contribution < -0.4 is 15.8 Å². The Bertz CT molecular complexity index is 849. The second kappa shape index (κ2) is 6.78. The van der Waals surface area contributed by atoms with E-state index < -0.39 is 0 Å². The maximum absolute atomic E-state index is 12.2. The van der Waals surface area contributed by atoms with Crippen molar-refractivity contribution >= 4 is 17.4 Å². The fraction of sp³-hybridized carbons (Fsp3) is 0.0556. The quantitative estimate of drug-likeness (QED) is 0.769. The highest BCUT2D eigenvalue weighted by Crippen LogP contribution is 2.23. The number of hydrogen-bond acceptors (Lipinski definition) is 5. The van der Waals surface area contributed by atoms with Crippen LogP contribution in [-0.4, -0.2) is 15.9 Å². The molecule has 0 spiro atoms. The predicted octanol–water partition coefficient (Wildman–Crippen LogP) is 3.41. The number of hydrogen-bond donors (Lipinski definition) is 2. The Morgan fingerprint density at radius 1 is 1.04 bits per heavy atom. The topological polar surface area (TPSA) is 90.1 Å². The van der Waals surface area contributed by atoms with E-state index in [2.05, 4.69) is 15.3 Å². The number of amides is 1. The summed E-state index contributed by atoms with van der Waals surface area (Å²) in [6.07, 6.45) is 1.42. The van der Waals surface area contributed by atoms with Crippen molar-refractivity contribution in [3.8, 4) is 11.5 Å². The molecule has 0 saturated heterocycles. The summed E-state index contributed by atoms with van der Waals surface area (Å²) in [7, 11) is 0. The molecule has 0 bridgehead atoms. The smallest absolute Gasteiger partial charge is 0.260 e. The van der Waals surface area contributed by atoms with Crippen molar-refractivity contribution in [2.45, 2.75) is 6.92 Å². The number of aryl methyl sites for hydroxylation is 1. The van der Waals surface area contributed by atoms with Crippen molar-refractivity contribution in [1.29, 1.82) is 0 Å². The van der Waals surface area contributed by atoms with Crippen LogP contribution in [0.3, 0.4) is 0 Å². The third kappa shape index (κ3) is 3.67. The highest BCUT2D eigenvalue weighted by molar-refractivity contribution is 6.06. The van der Waals surface area contributed by atoms with Gasteiger partial charge in [0.2, 0.25) is 0 Å². The molecule has 1 aromatic heterocycles. The largest absolute Gasteiger partial charge is 0.457 e. The first-order valence-corrected chi connectivity index (χ1v) is 7.35. The van der Waals surface area contributed by atoms with E-state index in [9.17, 15) is 4.79 Å². The van der Waals surface area contributed by atoms with Crippen LogP contribution in [0.4, 0.5) is 11.5 Å². The number of nitrogens with zero attached hydrogens (tertiary/aromatic N) is 2. The van der Waals surface area contributed by atoms with Gasteiger partial charge in [-0.15, -0.1) is 0 Å². The Hall–Kier alpha value is -3.41. The average molecular weight is 320 g/mol. The van der Waals surface area contributed by atoms with Gasteiger partial charge in [-0.25, -0.2) is 9.97 Å². The first kappa shape index (κ1) is 15.5. The summed E-state index contributed by atoms with van der Waals surface area (Å²) < 4.78 is 5.70. The van der Waals surface area contributed by atoms with E-state index in [0.29, 0.717) is 17.3 Å². The van der Waals surface area contributed by atoms with Crippen LogP contribution in [0.2, 0.25) is 0 Å². The van der Waals surface area contributed by atoms with Gasteiger partial charge in [-0.3, -0.25) is 4.79 Å². The van der Waals surface area contributed by atoms with Crippen LogP contribution >= 0.6 is 0 Å². The summed E-state index contributed by atoms with van der Waals surface area (Å²) in [5.41, 5.74) is 6.62. The summed E-state index contributed by atoms with van der Waals surface area (Å²) >= 11 is 0. The molecule has 0 radical (unpaired) electrons. The van der Waals surface area contributed by atoms with Crippen molar-refractivity contribution in [1.82, 2.24) is 9.97 Å². The van der Waals surface area contributed by atoms with Gasteiger partial charge in [0.05, 0.1) is 0 Å². The van der Waals surface area contributed by atoms with Crippen molar-refractivity contribution in [3.63, 3.8) is 0 Å². The fourth-order valence-electron chi connectivity index (χ4n) is 2.09. The number of rotatable bonds is 4. The zero-order chi connectivity index (χ0) is 16.9. The van der Waals surface area contributed by atoms with Gasteiger partial charge < -0.3 is 15.8 Å². The third-order valence-electron chi connectivity index (χ3n) is 3.27. The fourth-order valence-corrected chi connectivity index (χ4v) is 2.09. The standard InChI is InChI=1S/C18H16N4O2/c1-12-20-11-16(17(19)21-12)18(23)22-13-7-9-15(10-8-13)24-14-5-3-2-4-6-14/h2-11H,1H3,(H,22,23)(H2,19,20,21). The molecule has 3 aromatic rings. The number of aromatic nitrogens is 2. The summed E-state index contributed by atoms with van der Waals surface area (Å²) in [5, 5.41) is 2.76. The van der Waals surface area contributed by atoms with Crippen molar-refractivity contribution in [2.24, 2.45) is 0 Å². The van der Waals surface area contributed by atoms with Crippen molar-refractivity contribution in [2.75, 3.05) is 11.1 Å². The highest BCUT2D eigenvalue weighted by Gasteiger charge is 2.12. The van der Waals surface area contributed by atoms with Crippen LogP contribution in [0.1, 0.15) is 16.2 Å². The molecule has 0 atom stereocenters. The Labute approximate surface area is 139 Å². The van der Waals surface area contributed by atoms with Gasteiger partial charge in [-0.1, -0.05) is 18.2 Å². The molecule has 0 aliphatic rings. The molecule has 3 rings (SSSR count). The summed E-state index contributed by atoms with van der Waals surface area (Å²) in [4.78, 5) is 20.2. The van der Waals surface area contributed by atoms with Gasteiger partial charge >= 0.3 is 0 Å². The number of para-hydroxylation sites is 1. The molecule has 0 aliphatic carbocycles. The monoisotopic (exact) mass is 320 g/mol. The molecule has 1 heterocycles. The molecule has 0 unspecified atom stereocenters. The van der Waals surface area contributed by atoms with Crippen LogP contribution in [0.5, 0.6) is 11.5 Å². The van der Waals surface area contributed by atoms with Gasteiger partial charge in [0.25, 0.3) is 5.91 Å². The first-order valence-electron chi connectivity index (χ1n) is 7.35. The SMILES string of the molecule is Cc1ncc(C(=O)Nc2ccc(Oc3ccccc3)cc2)c(N)n1. The Morgan fingerprint density at radius 3 is 2.38 bits per heavy atom. The van der Waals surface area contributed by atoms with E-state index >= 15 is 0 Å². The molecule has 6 heteroatoms. The second-order valence-electron chi connectivity index (χ2n) is 5.11. The van der Waals surface area contributed by atoms with E-state index in [1.165, 1.54) is 6.20 Å². The number of carbonyl (C=O) groups is 1. The lowest BCUT2D eigenvalue weighted by Crippen LogP contribution is -2.15. The Kier molecular flexibility index (Phi) is 4.38. The maximum Gasteiger partial charge on any atom is 0.260 e. The lowest BCUT2D eigenvalue weighted by atomic mass is 10.2. The van der Waals surface area contributed by atoms with Crippen LogP contribution in [-0.2, 0) is 0 Å². The third-order valence-corrected chi connectivity index (χ3v) is 3.27. The molecule has 3 N–H and O–H groups in total. The maximum atomic E-state index is 12.2. The number of ether oxygens (including phenoxy) is 1. The second-order valence-corrected chi connectivity index (χ2v) is 5.11. The summed E-state index contributed by atoms with van der Waals surface area (Å²) in [6.45, 7) is 1.71. The van der Waals surface area contributed by atoms with Crippen molar-refractivity contribution < 1.29 is 9.53 Å². The number of nitrogen functional groups attached to an aromatic ring is 1. The number of anilines is 2. The lowest BCUT2D eigenvalue weighted by molar-refractivity contribution is 0.102. The Balaban J connectivity index is 1.68. The number of nitrogens with two attached hydrogens (primary N) is 1. The van der Waals surface area contributed by atoms with E-state index in [-0.39, 0.29) is 17.3 Å². The number of carbonyl (C=O) groups excluding carboxylic acids is 1. The summed E-state index contributed by atoms with van der Waals surface area (Å²) in [5.74, 6) is 1.75. The summed E-state index contributed by atoms with van der Waals surface area (Å²) in [6, 6.07) is 16.5. The van der Waals surface area contributed by atoms with Gasteiger partial charge in [-0.05, 0) is 43.3 Å². The minimum atomic E-state index is -0.357. The first-order chi connectivity index (χ1) is 11.6. The van der Waals surface area contributed by atoms with Crippen LogP contribution in [0.15, 0.2) is 60.8 Å². The molecular weight excluding hydrogens is 304 g/mol. The molecule has 0 saturated carbocycles. The zero-order valence-electron chi connectivity index (χ0n) is 13.1. The van der Waals surface area contributed by atoms with E-state index in [1.54, 1.807) is 31.2 Å². The molecule has 120 valence electrons. The number of nitrogens with one attached hydrogen (secondary N) is 1. The van der Waals surface area contributed by atoms with Gasteiger partial charge in [-0.2, -0.15) is 0 Å². The molecule has 6 nitrogen and oxygen atoms in total. The van der Waals surface area contributed by atoms with Gasteiger partial charge in [0.1, 0.15) is 28.7 Å². The number of benzene rings is 2. The predicted molar refractivity (Wildman–Crippen MR) is 92.1 cm³/mol. The van der Waals surface area contributed by atoms with Gasteiger partial charge in [0, 0.05) is 11.9 Å². The highest BCUT2D eigenvalue weighted by atomic mass is 16.5. The lowest BCUT2D eigenvalue weighted by Gasteiger charge is -2.09. The molecule has 2 aromatic carbocycles. The van der Waals surface area contributed by atoms with Crippen LogP contribution in [0.25, 0.3) is 0 Å². The molecular formula is C18H16N4O2.